The SMILES string of the molecule is Cc1cc(C(=O)NCCN(C)C)ccc1NS(=O)(=O)c1ccccc1. The van der Waals surface area contributed by atoms with Gasteiger partial charge in [-0.2, -0.15) is 0 Å². The fourth-order valence-corrected chi connectivity index (χ4v) is 3.37. The van der Waals surface area contributed by atoms with E-state index in [-0.39, 0.29) is 10.8 Å². The summed E-state index contributed by atoms with van der Waals surface area (Å²) in [5.41, 5.74) is 1.63. The van der Waals surface area contributed by atoms with E-state index in [1.807, 2.05) is 19.0 Å². The van der Waals surface area contributed by atoms with Crippen molar-refractivity contribution in [2.45, 2.75) is 11.8 Å². The first-order chi connectivity index (χ1) is 11.8. The third-order valence-corrected chi connectivity index (χ3v) is 5.01. The molecule has 0 aliphatic rings. The molecule has 0 unspecified atom stereocenters. The zero-order valence-electron chi connectivity index (χ0n) is 14.6. The van der Waals surface area contributed by atoms with Crippen molar-refractivity contribution in [2.75, 3.05) is 31.9 Å². The van der Waals surface area contributed by atoms with Crippen LogP contribution in [0.15, 0.2) is 53.4 Å². The van der Waals surface area contributed by atoms with Gasteiger partial charge in [-0.15, -0.1) is 0 Å². The molecular weight excluding hydrogens is 338 g/mol. The minimum Gasteiger partial charge on any atom is -0.351 e. The molecule has 134 valence electrons. The van der Waals surface area contributed by atoms with Gasteiger partial charge in [0.15, 0.2) is 0 Å². The molecular formula is C18H23N3O3S. The average molecular weight is 361 g/mol. The lowest BCUT2D eigenvalue weighted by Crippen LogP contribution is -2.31. The lowest BCUT2D eigenvalue weighted by Gasteiger charge is -2.13. The molecule has 7 heteroatoms. The Bertz CT molecular complexity index is 834. The van der Waals surface area contributed by atoms with Crippen molar-refractivity contribution in [3.8, 4) is 0 Å². The molecule has 0 atom stereocenters. The van der Waals surface area contributed by atoms with Crippen molar-refractivity contribution in [1.29, 1.82) is 0 Å². The summed E-state index contributed by atoms with van der Waals surface area (Å²) in [6.07, 6.45) is 0. The van der Waals surface area contributed by atoms with Crippen LogP contribution in [0.1, 0.15) is 15.9 Å². The second-order valence-corrected chi connectivity index (χ2v) is 7.69. The second kappa shape index (κ2) is 8.13. The van der Waals surface area contributed by atoms with Crippen LogP contribution in [0.25, 0.3) is 0 Å². The number of nitrogens with one attached hydrogen (secondary N) is 2. The summed E-state index contributed by atoms with van der Waals surface area (Å²) in [6, 6.07) is 13.1. The lowest BCUT2D eigenvalue weighted by atomic mass is 10.1. The highest BCUT2D eigenvalue weighted by molar-refractivity contribution is 7.92. The van der Waals surface area contributed by atoms with Gasteiger partial charge in [0.25, 0.3) is 15.9 Å². The van der Waals surface area contributed by atoms with E-state index >= 15 is 0 Å². The maximum atomic E-state index is 12.4. The molecule has 2 aromatic rings. The standard InChI is InChI=1S/C18H23N3O3S/c1-14-13-15(18(22)19-11-12-21(2)3)9-10-17(14)20-25(23,24)16-7-5-4-6-8-16/h4-10,13,20H,11-12H2,1-3H3,(H,19,22). The Morgan fingerprint density at radius 2 is 1.76 bits per heavy atom. The van der Waals surface area contributed by atoms with Gasteiger partial charge in [0.05, 0.1) is 10.6 Å². The molecule has 1 amide bonds. The number of anilines is 1. The van der Waals surface area contributed by atoms with Crippen LogP contribution in [-0.4, -0.2) is 46.4 Å². The van der Waals surface area contributed by atoms with Crippen LogP contribution >= 0.6 is 0 Å². The molecule has 0 heterocycles. The number of carbonyl (C=O) groups is 1. The van der Waals surface area contributed by atoms with Gasteiger partial charge < -0.3 is 10.2 Å². The first-order valence-corrected chi connectivity index (χ1v) is 9.39. The number of nitrogens with zero attached hydrogens (tertiary/aromatic N) is 1. The van der Waals surface area contributed by atoms with Gasteiger partial charge in [-0.25, -0.2) is 8.42 Å². The van der Waals surface area contributed by atoms with Crippen LogP contribution in [0.2, 0.25) is 0 Å². The molecule has 2 aromatic carbocycles. The summed E-state index contributed by atoms with van der Waals surface area (Å²) in [5, 5.41) is 2.83. The Morgan fingerprint density at radius 1 is 1.08 bits per heavy atom. The summed E-state index contributed by atoms with van der Waals surface area (Å²) >= 11 is 0. The van der Waals surface area contributed by atoms with Crippen molar-refractivity contribution in [1.82, 2.24) is 10.2 Å². The molecule has 0 aliphatic heterocycles. The maximum absolute atomic E-state index is 12.4. The molecule has 25 heavy (non-hydrogen) atoms. The molecule has 6 nitrogen and oxygen atoms in total. The van der Waals surface area contributed by atoms with Gasteiger partial charge in [-0.3, -0.25) is 9.52 Å². The predicted octanol–water partition coefficient (Wildman–Crippen LogP) is 2.09. The molecule has 0 bridgehead atoms. The molecule has 2 rings (SSSR count). The van der Waals surface area contributed by atoms with Gasteiger partial charge in [-0.1, -0.05) is 18.2 Å². The first-order valence-electron chi connectivity index (χ1n) is 7.91. The van der Waals surface area contributed by atoms with Crippen LogP contribution in [0.3, 0.4) is 0 Å². The van der Waals surface area contributed by atoms with Crippen LogP contribution in [0, 0.1) is 6.92 Å². The van der Waals surface area contributed by atoms with E-state index in [2.05, 4.69) is 10.0 Å². The molecule has 0 radical (unpaired) electrons. The molecule has 0 aliphatic carbocycles. The van der Waals surface area contributed by atoms with Gasteiger partial charge >= 0.3 is 0 Å². The van der Waals surface area contributed by atoms with Crippen molar-refractivity contribution >= 4 is 21.6 Å². The zero-order valence-corrected chi connectivity index (χ0v) is 15.4. The van der Waals surface area contributed by atoms with E-state index in [1.165, 1.54) is 12.1 Å². The third kappa shape index (κ3) is 5.30. The minimum absolute atomic E-state index is 0.178. The average Bonchev–Trinajstić information content (AvgIpc) is 2.57. The molecule has 0 saturated heterocycles. The fraction of sp³-hybridized carbons (Fsp3) is 0.278. The first kappa shape index (κ1) is 19.0. The van der Waals surface area contributed by atoms with Crippen LogP contribution in [-0.2, 0) is 10.0 Å². The largest absolute Gasteiger partial charge is 0.351 e. The summed E-state index contributed by atoms with van der Waals surface area (Å²) in [5.74, 6) is -0.178. The number of amides is 1. The molecule has 0 saturated carbocycles. The summed E-state index contributed by atoms with van der Waals surface area (Å²) in [6.45, 7) is 3.06. The van der Waals surface area contributed by atoms with Gasteiger partial charge in [0.1, 0.15) is 0 Å². The fourth-order valence-electron chi connectivity index (χ4n) is 2.22. The Balaban J connectivity index is 2.10. The van der Waals surface area contributed by atoms with Gasteiger partial charge in [0.2, 0.25) is 0 Å². The highest BCUT2D eigenvalue weighted by Gasteiger charge is 2.15. The number of likely N-dealkylation sites (N-methyl/N-ethyl adjacent to an activating group) is 1. The highest BCUT2D eigenvalue weighted by atomic mass is 32.2. The Morgan fingerprint density at radius 3 is 2.36 bits per heavy atom. The van der Waals surface area contributed by atoms with Crippen molar-refractivity contribution < 1.29 is 13.2 Å². The number of sulfonamides is 1. The maximum Gasteiger partial charge on any atom is 0.261 e. The Hall–Kier alpha value is -2.38. The Labute approximate surface area is 148 Å². The Kier molecular flexibility index (Phi) is 6.17. The van der Waals surface area contributed by atoms with Crippen molar-refractivity contribution in [3.05, 3.63) is 59.7 Å². The molecule has 0 spiro atoms. The molecule has 0 fully saturated rings. The van der Waals surface area contributed by atoms with Crippen molar-refractivity contribution in [3.63, 3.8) is 0 Å². The van der Waals surface area contributed by atoms with E-state index in [0.29, 0.717) is 23.4 Å². The molecule has 2 N–H and O–H groups in total. The van der Waals surface area contributed by atoms with Crippen molar-refractivity contribution in [2.24, 2.45) is 0 Å². The number of benzene rings is 2. The van der Waals surface area contributed by atoms with E-state index in [1.54, 1.807) is 43.3 Å². The predicted molar refractivity (Wildman–Crippen MR) is 99.3 cm³/mol. The number of rotatable bonds is 7. The van der Waals surface area contributed by atoms with Crippen LogP contribution in [0.4, 0.5) is 5.69 Å². The summed E-state index contributed by atoms with van der Waals surface area (Å²) in [4.78, 5) is 14.3. The van der Waals surface area contributed by atoms with E-state index in [9.17, 15) is 13.2 Å². The zero-order chi connectivity index (χ0) is 18.4. The summed E-state index contributed by atoms with van der Waals surface area (Å²) in [7, 11) is 0.220. The van der Waals surface area contributed by atoms with E-state index < -0.39 is 10.0 Å². The van der Waals surface area contributed by atoms with Gasteiger partial charge in [0, 0.05) is 18.7 Å². The van der Waals surface area contributed by atoms with Gasteiger partial charge in [-0.05, 0) is 56.9 Å². The van der Waals surface area contributed by atoms with Crippen LogP contribution < -0.4 is 10.0 Å². The van der Waals surface area contributed by atoms with E-state index in [4.69, 9.17) is 0 Å². The number of carbonyl (C=O) groups excluding carboxylic acids is 1. The smallest absolute Gasteiger partial charge is 0.261 e. The normalized spacial score (nSPS) is 11.4. The monoisotopic (exact) mass is 361 g/mol. The lowest BCUT2D eigenvalue weighted by molar-refractivity contribution is 0.0951. The number of aryl methyl sites for hydroxylation is 1. The highest BCUT2D eigenvalue weighted by Crippen LogP contribution is 2.20. The molecule has 0 aromatic heterocycles. The quantitative estimate of drug-likeness (QED) is 0.791. The summed E-state index contributed by atoms with van der Waals surface area (Å²) < 4.78 is 27.3. The number of hydrogen-bond donors (Lipinski definition) is 2. The van der Waals surface area contributed by atoms with E-state index in [0.717, 1.165) is 6.54 Å². The second-order valence-electron chi connectivity index (χ2n) is 6.01. The topological polar surface area (TPSA) is 78.5 Å². The number of hydrogen-bond acceptors (Lipinski definition) is 4. The van der Waals surface area contributed by atoms with Crippen LogP contribution in [0.5, 0.6) is 0 Å². The minimum atomic E-state index is -3.65. The third-order valence-electron chi connectivity index (χ3n) is 3.63.